The third-order valence-corrected chi connectivity index (χ3v) is 4.49. The van der Waals surface area contributed by atoms with E-state index in [-0.39, 0.29) is 19.7 Å². The average molecular weight is 465 g/mol. The molecule has 1 fully saturated rings. The van der Waals surface area contributed by atoms with Gasteiger partial charge in [-0.3, -0.25) is 4.90 Å². The highest BCUT2D eigenvalue weighted by Gasteiger charge is 2.48. The molecular weight excluding hydrogens is 432 g/mol. The van der Waals surface area contributed by atoms with E-state index < -0.39 is 47.4 Å². The molecule has 0 unspecified atom stereocenters. The lowest BCUT2D eigenvalue weighted by Crippen LogP contribution is -2.67. The van der Waals surface area contributed by atoms with Gasteiger partial charge in [-0.15, -0.1) is 0 Å². The molecule has 0 saturated carbocycles. The summed E-state index contributed by atoms with van der Waals surface area (Å²) in [5, 5.41) is 9.83. The first-order valence-corrected chi connectivity index (χ1v) is 10.6. The van der Waals surface area contributed by atoms with Gasteiger partial charge >= 0.3 is 24.1 Å². The fraction of sp³-hybridized carbons (Fsp3) is 0.565. The summed E-state index contributed by atoms with van der Waals surface area (Å²) >= 11 is 0. The van der Waals surface area contributed by atoms with Gasteiger partial charge in [-0.25, -0.2) is 19.2 Å². The van der Waals surface area contributed by atoms with Gasteiger partial charge in [0.15, 0.2) is 12.1 Å². The summed E-state index contributed by atoms with van der Waals surface area (Å²) in [5.41, 5.74) is -1.04. The lowest BCUT2D eigenvalue weighted by molar-refractivity contribution is -0.167. The van der Waals surface area contributed by atoms with Crippen molar-refractivity contribution in [2.24, 2.45) is 0 Å². The number of amides is 2. The Morgan fingerprint density at radius 1 is 0.879 bits per heavy atom. The third-order valence-electron chi connectivity index (χ3n) is 4.49. The van der Waals surface area contributed by atoms with E-state index >= 15 is 0 Å². The fourth-order valence-corrected chi connectivity index (χ4v) is 3.16. The Hall–Kier alpha value is -3.30. The second kappa shape index (κ2) is 10.1. The number of carboxylic acid groups (broad SMARTS) is 1. The number of esters is 1. The molecule has 1 aromatic rings. The Labute approximate surface area is 193 Å². The van der Waals surface area contributed by atoms with E-state index in [9.17, 15) is 24.3 Å². The first-order chi connectivity index (χ1) is 15.2. The van der Waals surface area contributed by atoms with E-state index in [0.717, 1.165) is 9.80 Å². The predicted octanol–water partition coefficient (Wildman–Crippen LogP) is 3.04. The summed E-state index contributed by atoms with van der Waals surface area (Å²) in [6, 6.07) is 5.90. The zero-order valence-electron chi connectivity index (χ0n) is 19.9. The van der Waals surface area contributed by atoms with Crippen molar-refractivity contribution in [1.29, 1.82) is 0 Å². The zero-order valence-corrected chi connectivity index (χ0v) is 19.9. The number of nitrogens with zero attached hydrogens (tertiary/aromatic N) is 2. The maximum absolute atomic E-state index is 13.0. The molecule has 2 rings (SSSR count). The predicted molar refractivity (Wildman–Crippen MR) is 117 cm³/mol. The van der Waals surface area contributed by atoms with E-state index in [1.165, 1.54) is 0 Å². The minimum atomic E-state index is -1.54. The number of carbonyl (C=O) groups is 4. The van der Waals surface area contributed by atoms with Crippen LogP contribution in [0.4, 0.5) is 9.59 Å². The number of benzene rings is 1. The molecule has 1 aromatic carbocycles. The second-order valence-corrected chi connectivity index (χ2v) is 9.74. The van der Waals surface area contributed by atoms with Crippen molar-refractivity contribution in [2.75, 3.05) is 13.1 Å². The van der Waals surface area contributed by atoms with Crippen LogP contribution in [-0.2, 0) is 30.4 Å². The normalized spacial score (nSPS) is 19.0. The van der Waals surface area contributed by atoms with Crippen LogP contribution in [0.25, 0.3) is 0 Å². The van der Waals surface area contributed by atoms with Gasteiger partial charge in [0.25, 0.3) is 0 Å². The summed E-state index contributed by atoms with van der Waals surface area (Å²) in [4.78, 5) is 52.6. The molecule has 0 bridgehead atoms. The number of rotatable bonds is 4. The minimum absolute atomic E-state index is 0.112. The maximum atomic E-state index is 13.0. The van der Waals surface area contributed by atoms with Crippen molar-refractivity contribution >= 4 is 24.1 Å². The van der Waals surface area contributed by atoms with Crippen molar-refractivity contribution in [2.45, 2.75) is 71.4 Å². The largest absolute Gasteiger partial charge is 0.480 e. The van der Waals surface area contributed by atoms with Gasteiger partial charge in [-0.05, 0) is 47.1 Å². The molecule has 1 heterocycles. The van der Waals surface area contributed by atoms with Crippen molar-refractivity contribution in [3.8, 4) is 0 Å². The molecule has 182 valence electrons. The van der Waals surface area contributed by atoms with Crippen LogP contribution in [0.15, 0.2) is 30.3 Å². The zero-order chi connectivity index (χ0) is 25.0. The lowest BCUT2D eigenvalue weighted by atomic mass is 10.1. The summed E-state index contributed by atoms with van der Waals surface area (Å²) < 4.78 is 16.1. The monoisotopic (exact) mass is 464 g/mol. The van der Waals surface area contributed by atoms with E-state index in [1.54, 1.807) is 71.9 Å². The van der Waals surface area contributed by atoms with Crippen molar-refractivity contribution in [3.63, 3.8) is 0 Å². The molecule has 1 aliphatic rings. The highest BCUT2D eigenvalue weighted by Crippen LogP contribution is 2.23. The Morgan fingerprint density at radius 2 is 1.42 bits per heavy atom. The van der Waals surface area contributed by atoms with Gasteiger partial charge in [-0.1, -0.05) is 30.3 Å². The summed E-state index contributed by atoms with van der Waals surface area (Å²) in [6.45, 7) is 9.16. The molecule has 1 aliphatic heterocycles. The van der Waals surface area contributed by atoms with Gasteiger partial charge in [0, 0.05) is 0 Å². The lowest BCUT2D eigenvalue weighted by Gasteiger charge is -2.43. The Kier molecular flexibility index (Phi) is 7.94. The summed E-state index contributed by atoms with van der Waals surface area (Å²) in [5.74, 6) is -2.24. The highest BCUT2D eigenvalue weighted by molar-refractivity contribution is 5.88. The molecule has 0 radical (unpaired) electrons. The number of carbonyl (C=O) groups excluding carboxylic acids is 3. The first-order valence-electron chi connectivity index (χ1n) is 10.6. The van der Waals surface area contributed by atoms with Gasteiger partial charge in [0.2, 0.25) is 0 Å². The number of hydrogen-bond acceptors (Lipinski definition) is 7. The second-order valence-electron chi connectivity index (χ2n) is 9.74. The Morgan fingerprint density at radius 3 is 1.94 bits per heavy atom. The van der Waals surface area contributed by atoms with Gasteiger partial charge in [0.05, 0.1) is 13.1 Å². The van der Waals surface area contributed by atoms with Crippen LogP contribution in [0.2, 0.25) is 0 Å². The molecule has 2 atom stereocenters. The van der Waals surface area contributed by atoms with Gasteiger partial charge in [0.1, 0.15) is 17.8 Å². The molecule has 0 aromatic heterocycles. The molecule has 10 heteroatoms. The Balaban J connectivity index is 2.33. The van der Waals surface area contributed by atoms with Crippen LogP contribution in [0, 0.1) is 0 Å². The minimum Gasteiger partial charge on any atom is -0.480 e. The van der Waals surface area contributed by atoms with Crippen LogP contribution in [0.1, 0.15) is 47.1 Å². The van der Waals surface area contributed by atoms with Crippen LogP contribution in [0.5, 0.6) is 0 Å². The standard InChI is InChI=1S/C23H32N2O8/c1-22(2,3)32-19(28)17-13-24(20(29)33-23(4,5)6)12-16(18(26)27)25(17)21(30)31-14-15-10-8-7-9-11-15/h7-11,16-17H,12-14H2,1-6H3,(H,26,27)/t16-,17+/m1/s1. The van der Waals surface area contributed by atoms with Crippen molar-refractivity contribution in [3.05, 3.63) is 35.9 Å². The van der Waals surface area contributed by atoms with Crippen LogP contribution in [-0.4, -0.2) is 75.4 Å². The van der Waals surface area contributed by atoms with Gasteiger partial charge < -0.3 is 24.2 Å². The van der Waals surface area contributed by atoms with E-state index in [1.807, 2.05) is 0 Å². The molecule has 1 N–H and O–H groups in total. The van der Waals surface area contributed by atoms with Crippen molar-refractivity contribution < 1.29 is 38.5 Å². The highest BCUT2D eigenvalue weighted by atomic mass is 16.6. The number of aliphatic carboxylic acids is 1. The topological polar surface area (TPSA) is 123 Å². The molecule has 33 heavy (non-hydrogen) atoms. The van der Waals surface area contributed by atoms with E-state index in [4.69, 9.17) is 14.2 Å². The molecule has 2 amide bonds. The fourth-order valence-electron chi connectivity index (χ4n) is 3.16. The third kappa shape index (κ3) is 7.65. The first kappa shape index (κ1) is 26.0. The molecule has 0 aliphatic carbocycles. The number of hydrogen-bond donors (Lipinski definition) is 1. The molecular formula is C23H32N2O8. The SMILES string of the molecule is CC(C)(C)OC(=O)[C@@H]1CN(C(=O)OC(C)(C)C)C[C@H](C(=O)O)N1C(=O)OCc1ccccc1. The number of ether oxygens (including phenoxy) is 3. The van der Waals surface area contributed by atoms with Crippen LogP contribution in [0.3, 0.4) is 0 Å². The number of piperazine rings is 1. The molecule has 0 spiro atoms. The van der Waals surface area contributed by atoms with Gasteiger partial charge in [-0.2, -0.15) is 0 Å². The smallest absolute Gasteiger partial charge is 0.411 e. The molecule has 1 saturated heterocycles. The maximum Gasteiger partial charge on any atom is 0.411 e. The average Bonchev–Trinajstić information content (AvgIpc) is 2.69. The molecule has 10 nitrogen and oxygen atoms in total. The summed E-state index contributed by atoms with van der Waals surface area (Å²) in [7, 11) is 0. The van der Waals surface area contributed by atoms with Crippen LogP contribution >= 0.6 is 0 Å². The van der Waals surface area contributed by atoms with E-state index in [2.05, 4.69) is 0 Å². The van der Waals surface area contributed by atoms with E-state index in [0.29, 0.717) is 5.56 Å². The summed E-state index contributed by atoms with van der Waals surface area (Å²) in [6.07, 6.45) is -1.79. The number of carboxylic acids is 1. The quantitative estimate of drug-likeness (QED) is 0.533. The van der Waals surface area contributed by atoms with Crippen molar-refractivity contribution in [1.82, 2.24) is 9.80 Å². The Bertz CT molecular complexity index is 873. The van der Waals surface area contributed by atoms with Crippen LogP contribution < -0.4 is 0 Å².